The number of rotatable bonds is 4. The fraction of sp³-hybridized carbons (Fsp3) is 0.250. The first-order chi connectivity index (χ1) is 9.06. The standard InChI is InChI=1S/C16H19BO2/c1-12-9-15(7-8-16(12)18)19-11-13-5-4-6-14(10-13)17(2)3/h4-10,18H,11H2,1-3H3. The van der Waals surface area contributed by atoms with Crippen LogP contribution in [0.3, 0.4) is 0 Å². The van der Waals surface area contributed by atoms with Gasteiger partial charge in [0.1, 0.15) is 18.1 Å². The van der Waals surface area contributed by atoms with E-state index >= 15 is 0 Å². The maximum absolute atomic E-state index is 9.47. The third kappa shape index (κ3) is 3.54. The highest BCUT2D eigenvalue weighted by molar-refractivity contribution is 6.70. The van der Waals surface area contributed by atoms with Crippen LogP contribution < -0.4 is 10.2 Å². The van der Waals surface area contributed by atoms with E-state index in [1.807, 2.05) is 13.0 Å². The van der Waals surface area contributed by atoms with Crippen LogP contribution in [0.2, 0.25) is 13.6 Å². The third-order valence-corrected chi connectivity index (χ3v) is 3.19. The molecule has 1 N–H and O–H groups in total. The summed E-state index contributed by atoms with van der Waals surface area (Å²) in [6.07, 6.45) is 0. The molecule has 0 fully saturated rings. The number of aryl methyl sites for hydroxylation is 1. The minimum absolute atomic E-state index is 0.300. The van der Waals surface area contributed by atoms with E-state index in [0.717, 1.165) is 16.9 Å². The van der Waals surface area contributed by atoms with E-state index in [0.29, 0.717) is 19.1 Å². The minimum Gasteiger partial charge on any atom is -0.508 e. The summed E-state index contributed by atoms with van der Waals surface area (Å²) in [5.41, 5.74) is 3.31. The van der Waals surface area contributed by atoms with Gasteiger partial charge in [-0.15, -0.1) is 0 Å². The van der Waals surface area contributed by atoms with Crippen molar-refractivity contribution in [2.45, 2.75) is 27.2 Å². The molecule has 2 nitrogen and oxygen atoms in total. The molecule has 0 atom stereocenters. The van der Waals surface area contributed by atoms with Gasteiger partial charge in [0.2, 0.25) is 0 Å². The maximum Gasteiger partial charge on any atom is 0.169 e. The second kappa shape index (κ2) is 5.83. The van der Waals surface area contributed by atoms with Gasteiger partial charge in [-0.25, -0.2) is 0 Å². The number of hydrogen-bond acceptors (Lipinski definition) is 2. The average molecular weight is 254 g/mol. The zero-order valence-electron chi connectivity index (χ0n) is 11.7. The number of benzene rings is 2. The lowest BCUT2D eigenvalue weighted by Crippen LogP contribution is -2.22. The number of aromatic hydroxyl groups is 1. The van der Waals surface area contributed by atoms with Crippen LogP contribution in [-0.2, 0) is 6.61 Å². The second-order valence-corrected chi connectivity index (χ2v) is 5.14. The zero-order chi connectivity index (χ0) is 13.8. The molecule has 0 aliphatic carbocycles. The van der Waals surface area contributed by atoms with Crippen LogP contribution in [0.25, 0.3) is 0 Å². The van der Waals surface area contributed by atoms with E-state index in [1.54, 1.807) is 12.1 Å². The summed E-state index contributed by atoms with van der Waals surface area (Å²) in [6, 6.07) is 13.7. The minimum atomic E-state index is 0.300. The van der Waals surface area contributed by atoms with E-state index in [-0.39, 0.29) is 0 Å². The number of phenolic OH excluding ortho intramolecular Hbond substituents is 1. The molecule has 2 aromatic rings. The van der Waals surface area contributed by atoms with Gasteiger partial charge in [0.15, 0.2) is 6.71 Å². The van der Waals surface area contributed by atoms with Crippen molar-refractivity contribution in [3.63, 3.8) is 0 Å². The van der Waals surface area contributed by atoms with Crippen LogP contribution in [0.5, 0.6) is 11.5 Å². The van der Waals surface area contributed by atoms with E-state index in [4.69, 9.17) is 4.74 Å². The van der Waals surface area contributed by atoms with Gasteiger partial charge in [0, 0.05) is 0 Å². The summed E-state index contributed by atoms with van der Waals surface area (Å²) in [6.45, 7) is 7.30. The summed E-state index contributed by atoms with van der Waals surface area (Å²) in [5.74, 6) is 1.08. The second-order valence-electron chi connectivity index (χ2n) is 5.14. The topological polar surface area (TPSA) is 29.5 Å². The highest BCUT2D eigenvalue weighted by Gasteiger charge is 2.04. The SMILES string of the molecule is CB(C)c1cccc(COc2ccc(O)c(C)c2)c1. The lowest BCUT2D eigenvalue weighted by Gasteiger charge is -2.10. The first kappa shape index (κ1) is 13.5. The molecule has 2 aromatic carbocycles. The Morgan fingerprint density at radius 2 is 1.89 bits per heavy atom. The van der Waals surface area contributed by atoms with Gasteiger partial charge in [-0.05, 0) is 36.2 Å². The van der Waals surface area contributed by atoms with Crippen molar-refractivity contribution < 1.29 is 9.84 Å². The summed E-state index contributed by atoms with van der Waals surface area (Å²) >= 11 is 0. The Bertz CT molecular complexity index is 564. The number of hydrogen-bond donors (Lipinski definition) is 1. The Morgan fingerprint density at radius 1 is 1.11 bits per heavy atom. The fourth-order valence-corrected chi connectivity index (χ4v) is 1.93. The molecule has 0 aliphatic heterocycles. The molecule has 19 heavy (non-hydrogen) atoms. The van der Waals surface area contributed by atoms with Crippen molar-refractivity contribution >= 4 is 12.2 Å². The lowest BCUT2D eigenvalue weighted by molar-refractivity contribution is 0.305. The van der Waals surface area contributed by atoms with Crippen molar-refractivity contribution in [3.05, 3.63) is 53.6 Å². The Balaban J connectivity index is 2.05. The van der Waals surface area contributed by atoms with Crippen LogP contribution in [0.15, 0.2) is 42.5 Å². The van der Waals surface area contributed by atoms with Crippen LogP contribution in [0, 0.1) is 6.92 Å². The van der Waals surface area contributed by atoms with E-state index in [2.05, 4.69) is 37.9 Å². The molecule has 0 bridgehead atoms. The molecule has 0 aliphatic rings. The molecule has 3 heteroatoms. The maximum atomic E-state index is 9.47. The molecule has 0 saturated heterocycles. The van der Waals surface area contributed by atoms with Crippen molar-refractivity contribution in [2.24, 2.45) is 0 Å². The first-order valence-electron chi connectivity index (χ1n) is 6.57. The Hall–Kier alpha value is -1.90. The van der Waals surface area contributed by atoms with Crippen LogP contribution >= 0.6 is 0 Å². The molecule has 0 amide bonds. The quantitative estimate of drug-likeness (QED) is 0.848. The summed E-state index contributed by atoms with van der Waals surface area (Å²) in [4.78, 5) is 0. The zero-order valence-corrected chi connectivity index (χ0v) is 11.7. The van der Waals surface area contributed by atoms with Gasteiger partial charge >= 0.3 is 0 Å². The van der Waals surface area contributed by atoms with Crippen LogP contribution in [-0.4, -0.2) is 11.8 Å². The average Bonchev–Trinajstić information content (AvgIpc) is 2.40. The molecule has 0 spiro atoms. The number of phenols is 1. The van der Waals surface area contributed by atoms with Gasteiger partial charge in [-0.2, -0.15) is 0 Å². The Kier molecular flexibility index (Phi) is 4.15. The van der Waals surface area contributed by atoms with Crippen molar-refractivity contribution in [2.75, 3.05) is 0 Å². The molecule has 0 unspecified atom stereocenters. The molecule has 0 radical (unpaired) electrons. The van der Waals surface area contributed by atoms with Crippen molar-refractivity contribution in [1.82, 2.24) is 0 Å². The van der Waals surface area contributed by atoms with Crippen LogP contribution in [0.1, 0.15) is 11.1 Å². The molecule has 0 aromatic heterocycles. The normalized spacial score (nSPS) is 10.3. The highest BCUT2D eigenvalue weighted by atomic mass is 16.5. The molecular weight excluding hydrogens is 235 g/mol. The summed E-state index contributed by atoms with van der Waals surface area (Å²) < 4.78 is 5.75. The van der Waals surface area contributed by atoms with Gasteiger partial charge < -0.3 is 9.84 Å². The molecule has 2 rings (SSSR count). The largest absolute Gasteiger partial charge is 0.508 e. The summed E-state index contributed by atoms with van der Waals surface area (Å²) in [5, 5.41) is 9.47. The fourth-order valence-electron chi connectivity index (χ4n) is 1.93. The smallest absolute Gasteiger partial charge is 0.169 e. The van der Waals surface area contributed by atoms with Crippen molar-refractivity contribution in [3.8, 4) is 11.5 Å². The predicted molar refractivity (Wildman–Crippen MR) is 80.7 cm³/mol. The van der Waals surface area contributed by atoms with Gasteiger partial charge in [-0.3, -0.25) is 0 Å². The first-order valence-corrected chi connectivity index (χ1v) is 6.57. The molecule has 0 heterocycles. The van der Waals surface area contributed by atoms with E-state index in [1.165, 1.54) is 5.46 Å². The Morgan fingerprint density at radius 3 is 2.58 bits per heavy atom. The third-order valence-electron chi connectivity index (χ3n) is 3.19. The van der Waals surface area contributed by atoms with Gasteiger partial charge in [0.25, 0.3) is 0 Å². The van der Waals surface area contributed by atoms with E-state index < -0.39 is 0 Å². The predicted octanol–water partition coefficient (Wildman–Crippen LogP) is 3.24. The van der Waals surface area contributed by atoms with Gasteiger partial charge in [-0.1, -0.05) is 43.4 Å². The Labute approximate surface area is 115 Å². The monoisotopic (exact) mass is 254 g/mol. The molecular formula is C16H19BO2. The molecule has 0 saturated carbocycles. The van der Waals surface area contributed by atoms with E-state index in [9.17, 15) is 5.11 Å². The lowest BCUT2D eigenvalue weighted by atomic mass is 9.49. The van der Waals surface area contributed by atoms with Gasteiger partial charge in [0.05, 0.1) is 0 Å². The van der Waals surface area contributed by atoms with Crippen LogP contribution in [0.4, 0.5) is 0 Å². The molecule has 98 valence electrons. The number of ether oxygens (including phenoxy) is 1. The summed E-state index contributed by atoms with van der Waals surface area (Å²) in [7, 11) is 0. The van der Waals surface area contributed by atoms with Crippen molar-refractivity contribution in [1.29, 1.82) is 0 Å². The highest BCUT2D eigenvalue weighted by Crippen LogP contribution is 2.22.